The molecule has 3 rings (SSSR count). The van der Waals surface area contributed by atoms with Gasteiger partial charge in [0.1, 0.15) is 0 Å². The van der Waals surface area contributed by atoms with Gasteiger partial charge in [0.15, 0.2) is 0 Å². The van der Waals surface area contributed by atoms with Crippen LogP contribution in [0, 0.1) is 13.8 Å². The SMILES string of the molecule is Cc1ccc(CNC(=O)N2CCC[C@H]2c2ccc(C)s2)nc1. The molecule has 2 aromatic heterocycles. The van der Waals surface area contributed by atoms with Crippen LogP contribution in [0.3, 0.4) is 0 Å². The highest BCUT2D eigenvalue weighted by atomic mass is 32.1. The van der Waals surface area contributed by atoms with Gasteiger partial charge < -0.3 is 10.2 Å². The Kier molecular flexibility index (Phi) is 4.43. The smallest absolute Gasteiger partial charge is 0.318 e. The average molecular weight is 315 g/mol. The number of carbonyl (C=O) groups is 1. The number of thiophene rings is 1. The van der Waals surface area contributed by atoms with Gasteiger partial charge in [0.2, 0.25) is 0 Å². The van der Waals surface area contributed by atoms with Crippen LogP contribution >= 0.6 is 11.3 Å². The maximum Gasteiger partial charge on any atom is 0.318 e. The van der Waals surface area contributed by atoms with E-state index in [1.54, 1.807) is 11.3 Å². The normalized spacial score (nSPS) is 17.7. The highest BCUT2D eigenvalue weighted by molar-refractivity contribution is 7.12. The van der Waals surface area contributed by atoms with Gasteiger partial charge in [0.25, 0.3) is 0 Å². The Labute approximate surface area is 135 Å². The first-order valence-corrected chi connectivity index (χ1v) is 8.47. The number of pyridine rings is 1. The molecule has 1 atom stereocenters. The van der Waals surface area contributed by atoms with Crippen molar-refractivity contribution in [3.63, 3.8) is 0 Å². The Morgan fingerprint density at radius 1 is 1.36 bits per heavy atom. The van der Waals surface area contributed by atoms with Crippen LogP contribution < -0.4 is 5.32 Å². The van der Waals surface area contributed by atoms with Gasteiger partial charge in [0.05, 0.1) is 18.3 Å². The average Bonchev–Trinajstić information content (AvgIpc) is 3.14. The summed E-state index contributed by atoms with van der Waals surface area (Å²) in [5, 5.41) is 3.00. The topological polar surface area (TPSA) is 45.2 Å². The molecule has 2 aromatic rings. The summed E-state index contributed by atoms with van der Waals surface area (Å²) in [6, 6.07) is 8.49. The zero-order valence-electron chi connectivity index (χ0n) is 13.0. The van der Waals surface area contributed by atoms with E-state index < -0.39 is 0 Å². The molecule has 22 heavy (non-hydrogen) atoms. The van der Waals surface area contributed by atoms with E-state index in [1.165, 1.54) is 9.75 Å². The molecular weight excluding hydrogens is 294 g/mol. The number of aryl methyl sites for hydroxylation is 2. The van der Waals surface area contributed by atoms with Crippen molar-refractivity contribution in [2.75, 3.05) is 6.54 Å². The summed E-state index contributed by atoms with van der Waals surface area (Å²) < 4.78 is 0. The molecule has 4 nitrogen and oxygen atoms in total. The van der Waals surface area contributed by atoms with Gasteiger partial charge in [-0.2, -0.15) is 0 Å². The first-order valence-electron chi connectivity index (χ1n) is 7.66. The standard InChI is InChI=1S/C17H21N3OS/c1-12-5-7-14(18-10-12)11-19-17(21)20-9-3-4-15(20)16-8-6-13(2)22-16/h5-8,10,15H,3-4,9,11H2,1-2H3,(H,19,21)/t15-/m0/s1. The fraction of sp³-hybridized carbons (Fsp3) is 0.412. The summed E-state index contributed by atoms with van der Waals surface area (Å²) >= 11 is 1.79. The predicted molar refractivity (Wildman–Crippen MR) is 88.9 cm³/mol. The van der Waals surface area contributed by atoms with Crippen molar-refractivity contribution in [2.24, 2.45) is 0 Å². The van der Waals surface area contributed by atoms with E-state index in [-0.39, 0.29) is 12.1 Å². The van der Waals surface area contributed by atoms with Gasteiger partial charge >= 0.3 is 6.03 Å². The summed E-state index contributed by atoms with van der Waals surface area (Å²) in [5.74, 6) is 0. The minimum atomic E-state index is 0.0101. The molecule has 2 amide bonds. The number of urea groups is 1. The van der Waals surface area contributed by atoms with Crippen LogP contribution in [-0.4, -0.2) is 22.5 Å². The lowest BCUT2D eigenvalue weighted by atomic mass is 10.2. The molecule has 1 aliphatic rings. The van der Waals surface area contributed by atoms with Gasteiger partial charge in [-0.25, -0.2) is 4.79 Å². The summed E-state index contributed by atoms with van der Waals surface area (Å²) in [7, 11) is 0. The van der Waals surface area contributed by atoms with Crippen molar-refractivity contribution in [3.05, 3.63) is 51.5 Å². The number of rotatable bonds is 3. The maximum atomic E-state index is 12.5. The minimum absolute atomic E-state index is 0.0101. The fourth-order valence-electron chi connectivity index (χ4n) is 2.81. The van der Waals surface area contributed by atoms with E-state index in [0.29, 0.717) is 6.54 Å². The Hall–Kier alpha value is -1.88. The second-order valence-electron chi connectivity index (χ2n) is 5.79. The monoisotopic (exact) mass is 315 g/mol. The molecule has 0 spiro atoms. The summed E-state index contributed by atoms with van der Waals surface area (Å²) in [6.45, 7) is 5.42. The second-order valence-corrected chi connectivity index (χ2v) is 7.10. The zero-order valence-corrected chi connectivity index (χ0v) is 13.8. The fourth-order valence-corrected chi connectivity index (χ4v) is 3.83. The van der Waals surface area contributed by atoms with Crippen LogP contribution in [-0.2, 0) is 6.54 Å². The predicted octanol–water partition coefficient (Wildman–Crippen LogP) is 3.81. The highest BCUT2D eigenvalue weighted by Gasteiger charge is 2.30. The largest absolute Gasteiger partial charge is 0.332 e. The molecule has 0 aliphatic carbocycles. The van der Waals surface area contributed by atoms with Crippen molar-refractivity contribution < 1.29 is 4.79 Å². The van der Waals surface area contributed by atoms with Crippen LogP contribution in [0.5, 0.6) is 0 Å². The van der Waals surface area contributed by atoms with Crippen LogP contribution in [0.2, 0.25) is 0 Å². The van der Waals surface area contributed by atoms with E-state index >= 15 is 0 Å². The Balaban J connectivity index is 1.62. The van der Waals surface area contributed by atoms with Gasteiger partial charge in [-0.05, 0) is 50.5 Å². The molecule has 0 saturated carbocycles. The van der Waals surface area contributed by atoms with E-state index in [0.717, 1.165) is 30.6 Å². The molecular formula is C17H21N3OS. The first-order chi connectivity index (χ1) is 10.6. The molecule has 0 aromatic carbocycles. The number of nitrogens with zero attached hydrogens (tertiary/aromatic N) is 2. The number of aromatic nitrogens is 1. The van der Waals surface area contributed by atoms with Gasteiger partial charge in [-0.1, -0.05) is 6.07 Å². The molecule has 1 aliphatic heterocycles. The number of nitrogens with one attached hydrogen (secondary N) is 1. The molecule has 116 valence electrons. The van der Waals surface area contributed by atoms with Gasteiger partial charge in [-0.3, -0.25) is 4.98 Å². The lowest BCUT2D eigenvalue weighted by molar-refractivity contribution is 0.193. The molecule has 5 heteroatoms. The van der Waals surface area contributed by atoms with E-state index in [4.69, 9.17) is 0 Å². The Bertz CT molecular complexity index is 650. The maximum absolute atomic E-state index is 12.5. The number of likely N-dealkylation sites (tertiary alicyclic amines) is 1. The van der Waals surface area contributed by atoms with Crippen molar-refractivity contribution >= 4 is 17.4 Å². The summed E-state index contributed by atoms with van der Waals surface area (Å²) in [5.41, 5.74) is 2.02. The van der Waals surface area contributed by atoms with Crippen LogP contribution in [0.4, 0.5) is 4.79 Å². The molecule has 1 saturated heterocycles. The van der Waals surface area contributed by atoms with E-state index in [1.807, 2.05) is 30.2 Å². The third-order valence-corrected chi connectivity index (χ3v) is 5.10. The Morgan fingerprint density at radius 3 is 2.91 bits per heavy atom. The number of hydrogen-bond acceptors (Lipinski definition) is 3. The van der Waals surface area contributed by atoms with E-state index in [2.05, 4.69) is 29.4 Å². The lowest BCUT2D eigenvalue weighted by Gasteiger charge is -2.24. The lowest BCUT2D eigenvalue weighted by Crippen LogP contribution is -2.39. The molecule has 0 bridgehead atoms. The quantitative estimate of drug-likeness (QED) is 0.936. The molecule has 0 unspecified atom stereocenters. The van der Waals surface area contributed by atoms with Crippen molar-refractivity contribution in [1.82, 2.24) is 15.2 Å². The Morgan fingerprint density at radius 2 is 2.23 bits per heavy atom. The van der Waals surface area contributed by atoms with Gasteiger partial charge in [-0.15, -0.1) is 11.3 Å². The second kappa shape index (κ2) is 6.48. The summed E-state index contributed by atoms with van der Waals surface area (Å²) in [4.78, 5) is 21.3. The molecule has 1 fully saturated rings. The van der Waals surface area contributed by atoms with Crippen molar-refractivity contribution in [3.8, 4) is 0 Å². The van der Waals surface area contributed by atoms with Crippen LogP contribution in [0.25, 0.3) is 0 Å². The summed E-state index contributed by atoms with van der Waals surface area (Å²) in [6.07, 6.45) is 3.95. The first kappa shape index (κ1) is 15.0. The van der Waals surface area contributed by atoms with Crippen molar-refractivity contribution in [2.45, 2.75) is 39.3 Å². The van der Waals surface area contributed by atoms with Crippen LogP contribution in [0.1, 0.15) is 39.9 Å². The highest BCUT2D eigenvalue weighted by Crippen LogP contribution is 2.35. The third-order valence-electron chi connectivity index (χ3n) is 4.00. The zero-order chi connectivity index (χ0) is 15.5. The molecule has 0 radical (unpaired) electrons. The number of hydrogen-bond donors (Lipinski definition) is 1. The molecule has 1 N–H and O–H groups in total. The van der Waals surface area contributed by atoms with Crippen LogP contribution in [0.15, 0.2) is 30.5 Å². The third kappa shape index (κ3) is 3.30. The molecule has 3 heterocycles. The minimum Gasteiger partial charge on any atom is -0.332 e. The van der Waals surface area contributed by atoms with Gasteiger partial charge in [0, 0.05) is 22.5 Å². The number of amides is 2. The number of carbonyl (C=O) groups excluding carboxylic acids is 1. The van der Waals surface area contributed by atoms with Crippen molar-refractivity contribution in [1.29, 1.82) is 0 Å². The van der Waals surface area contributed by atoms with E-state index in [9.17, 15) is 4.79 Å².